The largest absolute Gasteiger partial charge is 0.366 e. The highest BCUT2D eigenvalue weighted by atomic mass is 19.1. The number of amides is 1. The van der Waals surface area contributed by atoms with Crippen molar-refractivity contribution in [3.05, 3.63) is 77.8 Å². The van der Waals surface area contributed by atoms with Crippen LogP contribution in [-0.2, 0) is 6.42 Å². The van der Waals surface area contributed by atoms with E-state index in [-0.39, 0.29) is 5.82 Å². The Kier molecular flexibility index (Phi) is 4.65. The summed E-state index contributed by atoms with van der Waals surface area (Å²) < 4.78 is 18.1. The van der Waals surface area contributed by atoms with Crippen molar-refractivity contribution in [3.63, 3.8) is 0 Å². The van der Waals surface area contributed by atoms with E-state index in [1.54, 1.807) is 30.7 Å². The topological polar surface area (TPSA) is 82.0 Å². The zero-order chi connectivity index (χ0) is 16.9. The van der Waals surface area contributed by atoms with Crippen molar-refractivity contribution in [3.8, 4) is 11.4 Å². The minimum absolute atomic E-state index is 0.317. The van der Waals surface area contributed by atoms with Gasteiger partial charge in [0.15, 0.2) is 0 Å². The van der Waals surface area contributed by atoms with Gasteiger partial charge in [-0.05, 0) is 48.7 Å². The molecule has 6 heteroatoms. The van der Waals surface area contributed by atoms with Crippen LogP contribution in [0.15, 0.2) is 53.1 Å². The van der Waals surface area contributed by atoms with Gasteiger partial charge in [-0.3, -0.25) is 4.79 Å². The van der Waals surface area contributed by atoms with Crippen molar-refractivity contribution in [2.45, 2.75) is 12.8 Å². The van der Waals surface area contributed by atoms with Gasteiger partial charge in [0.25, 0.3) is 0 Å². The smallest absolute Gasteiger partial charge is 0.248 e. The van der Waals surface area contributed by atoms with Crippen molar-refractivity contribution in [1.29, 1.82) is 0 Å². The molecule has 3 rings (SSSR count). The van der Waals surface area contributed by atoms with Crippen LogP contribution in [-0.4, -0.2) is 16.0 Å². The van der Waals surface area contributed by atoms with Gasteiger partial charge in [0.05, 0.1) is 6.42 Å². The first kappa shape index (κ1) is 15.9. The number of rotatable bonds is 6. The van der Waals surface area contributed by atoms with E-state index in [0.29, 0.717) is 35.7 Å². The highest BCUT2D eigenvalue weighted by Gasteiger charge is 2.11. The zero-order valence-corrected chi connectivity index (χ0v) is 12.8. The van der Waals surface area contributed by atoms with E-state index < -0.39 is 5.91 Å². The highest BCUT2D eigenvalue weighted by molar-refractivity contribution is 5.94. The summed E-state index contributed by atoms with van der Waals surface area (Å²) in [6.45, 7) is 0. The minimum atomic E-state index is -0.443. The van der Waals surface area contributed by atoms with Crippen LogP contribution in [0.4, 0.5) is 4.39 Å². The lowest BCUT2D eigenvalue weighted by Crippen LogP contribution is -2.13. The number of halogens is 1. The van der Waals surface area contributed by atoms with Gasteiger partial charge in [-0.1, -0.05) is 23.4 Å². The van der Waals surface area contributed by atoms with E-state index in [2.05, 4.69) is 10.1 Å². The van der Waals surface area contributed by atoms with E-state index >= 15 is 0 Å². The van der Waals surface area contributed by atoms with E-state index in [9.17, 15) is 9.18 Å². The summed E-state index contributed by atoms with van der Waals surface area (Å²) in [6, 6.07) is 13.1. The number of hydrogen-bond acceptors (Lipinski definition) is 4. The molecule has 1 amide bonds. The van der Waals surface area contributed by atoms with Gasteiger partial charge in [0, 0.05) is 11.1 Å². The number of aryl methyl sites for hydroxylation is 1. The predicted octanol–water partition coefficient (Wildman–Crippen LogP) is 3.16. The maximum Gasteiger partial charge on any atom is 0.248 e. The lowest BCUT2D eigenvalue weighted by molar-refractivity contribution is 0.0999. The Morgan fingerprint density at radius 3 is 2.67 bits per heavy atom. The molecule has 3 aromatic rings. The molecule has 0 bridgehead atoms. The molecule has 2 aromatic carbocycles. The first-order valence-electron chi connectivity index (χ1n) is 7.44. The van der Waals surface area contributed by atoms with Crippen molar-refractivity contribution in [2.75, 3.05) is 0 Å². The molecule has 0 atom stereocenters. The summed E-state index contributed by atoms with van der Waals surface area (Å²) in [6.07, 6.45) is 3.04. The molecule has 121 valence electrons. The fourth-order valence-corrected chi connectivity index (χ4v) is 2.36. The normalized spacial score (nSPS) is 10.7. The second kappa shape index (κ2) is 7.04. The molecular weight excluding hydrogens is 309 g/mol. The molecule has 0 aliphatic rings. The average Bonchev–Trinajstić information content (AvgIpc) is 3.05. The Bertz CT molecular complexity index is 843. The first-order valence-corrected chi connectivity index (χ1v) is 7.44. The summed E-state index contributed by atoms with van der Waals surface area (Å²) in [5, 5.41) is 3.87. The predicted molar refractivity (Wildman–Crippen MR) is 86.4 cm³/mol. The van der Waals surface area contributed by atoms with E-state index in [0.717, 1.165) is 5.56 Å². The van der Waals surface area contributed by atoms with Crippen molar-refractivity contribution in [2.24, 2.45) is 5.73 Å². The van der Waals surface area contributed by atoms with Crippen molar-refractivity contribution in [1.82, 2.24) is 10.1 Å². The molecule has 0 saturated heterocycles. The van der Waals surface area contributed by atoms with Gasteiger partial charge < -0.3 is 10.3 Å². The summed E-state index contributed by atoms with van der Waals surface area (Å²) >= 11 is 0. The molecule has 1 heterocycles. The SMILES string of the molecule is NC(=O)c1ccccc1CC[CH]c1nc(-c2ccc(F)cc2)no1. The standard InChI is InChI=1S/C18H15FN3O2/c19-14-10-8-13(9-11-14)18-21-16(24-22-18)7-3-5-12-4-1-2-6-15(12)17(20)23/h1-2,4,6-11H,3,5H2,(H2,20,23). The summed E-state index contributed by atoms with van der Waals surface area (Å²) in [5.41, 5.74) is 7.43. The fourth-order valence-electron chi connectivity index (χ4n) is 2.36. The zero-order valence-electron chi connectivity index (χ0n) is 12.8. The number of carbonyl (C=O) groups is 1. The van der Waals surface area contributed by atoms with Crippen LogP contribution >= 0.6 is 0 Å². The molecule has 1 radical (unpaired) electrons. The molecule has 24 heavy (non-hydrogen) atoms. The Hall–Kier alpha value is -3.02. The van der Waals surface area contributed by atoms with Crippen LogP contribution < -0.4 is 5.73 Å². The highest BCUT2D eigenvalue weighted by Crippen LogP contribution is 2.18. The Morgan fingerprint density at radius 2 is 1.92 bits per heavy atom. The summed E-state index contributed by atoms with van der Waals surface area (Å²) in [5.74, 6) is 0.0220. The number of aromatic nitrogens is 2. The lowest BCUT2D eigenvalue weighted by Gasteiger charge is -2.04. The van der Waals surface area contributed by atoms with Gasteiger partial charge in [-0.15, -0.1) is 0 Å². The molecule has 0 fully saturated rings. The minimum Gasteiger partial charge on any atom is -0.366 e. The third kappa shape index (κ3) is 3.65. The molecule has 5 nitrogen and oxygen atoms in total. The second-order valence-corrected chi connectivity index (χ2v) is 5.23. The molecule has 0 spiro atoms. The van der Waals surface area contributed by atoms with E-state index in [1.807, 2.05) is 12.1 Å². The van der Waals surface area contributed by atoms with Crippen molar-refractivity contribution < 1.29 is 13.7 Å². The van der Waals surface area contributed by atoms with Crippen LogP contribution in [0.5, 0.6) is 0 Å². The summed E-state index contributed by atoms with van der Waals surface area (Å²) in [4.78, 5) is 15.6. The van der Waals surface area contributed by atoms with Crippen LogP contribution in [0, 0.1) is 12.2 Å². The molecule has 0 aliphatic carbocycles. The van der Waals surface area contributed by atoms with Gasteiger partial charge >= 0.3 is 0 Å². The number of carbonyl (C=O) groups excluding carboxylic acids is 1. The molecule has 2 N–H and O–H groups in total. The number of hydrogen-bond donors (Lipinski definition) is 1. The lowest BCUT2D eigenvalue weighted by atomic mass is 10.0. The first-order chi connectivity index (χ1) is 11.6. The summed E-state index contributed by atoms with van der Waals surface area (Å²) in [7, 11) is 0. The Morgan fingerprint density at radius 1 is 1.17 bits per heavy atom. The molecule has 1 aromatic heterocycles. The Labute approximate surface area is 138 Å². The number of primary amides is 1. The average molecular weight is 324 g/mol. The van der Waals surface area contributed by atoms with Crippen LogP contribution in [0.1, 0.15) is 28.2 Å². The molecule has 0 aliphatic heterocycles. The third-order valence-electron chi connectivity index (χ3n) is 3.56. The van der Waals surface area contributed by atoms with Crippen molar-refractivity contribution >= 4 is 5.91 Å². The van der Waals surface area contributed by atoms with Crippen LogP contribution in [0.25, 0.3) is 11.4 Å². The maximum atomic E-state index is 12.9. The van der Waals surface area contributed by atoms with E-state index in [1.165, 1.54) is 12.1 Å². The maximum absolute atomic E-state index is 12.9. The van der Waals surface area contributed by atoms with Crippen LogP contribution in [0.3, 0.4) is 0 Å². The molecular formula is C18H15FN3O2. The number of nitrogens with zero attached hydrogens (tertiary/aromatic N) is 2. The van der Waals surface area contributed by atoms with Crippen LogP contribution in [0.2, 0.25) is 0 Å². The molecule has 0 unspecified atom stereocenters. The van der Waals surface area contributed by atoms with Gasteiger partial charge in [-0.2, -0.15) is 4.98 Å². The quantitative estimate of drug-likeness (QED) is 0.755. The van der Waals surface area contributed by atoms with Gasteiger partial charge in [-0.25, -0.2) is 4.39 Å². The molecule has 0 saturated carbocycles. The number of benzene rings is 2. The monoisotopic (exact) mass is 324 g/mol. The van der Waals surface area contributed by atoms with E-state index in [4.69, 9.17) is 10.3 Å². The van der Waals surface area contributed by atoms with Gasteiger partial charge in [0.2, 0.25) is 17.6 Å². The number of nitrogens with two attached hydrogens (primary N) is 1. The Balaban J connectivity index is 1.62. The fraction of sp³-hybridized carbons (Fsp3) is 0.111. The second-order valence-electron chi connectivity index (χ2n) is 5.23. The third-order valence-corrected chi connectivity index (χ3v) is 3.56. The van der Waals surface area contributed by atoms with Gasteiger partial charge in [0.1, 0.15) is 5.82 Å².